The van der Waals surface area contributed by atoms with Gasteiger partial charge in [0, 0.05) is 0 Å². The second-order valence-corrected chi connectivity index (χ2v) is 3.48. The fourth-order valence-electron chi connectivity index (χ4n) is 1.05. The van der Waals surface area contributed by atoms with E-state index < -0.39 is 24.4 Å². The third-order valence-corrected chi connectivity index (χ3v) is 2.28. The lowest BCUT2D eigenvalue weighted by Crippen LogP contribution is -2.36. The van der Waals surface area contributed by atoms with Gasteiger partial charge in [0.05, 0.1) is 11.1 Å². The molecule has 0 saturated heterocycles. The van der Waals surface area contributed by atoms with Crippen LogP contribution < -0.4 is 5.73 Å². The highest BCUT2D eigenvalue weighted by Gasteiger charge is 2.37. The van der Waals surface area contributed by atoms with Crippen LogP contribution in [0.15, 0.2) is 18.2 Å². The Labute approximate surface area is 89.5 Å². The van der Waals surface area contributed by atoms with Crippen molar-refractivity contribution in [3.05, 3.63) is 34.6 Å². The van der Waals surface area contributed by atoms with Crippen molar-refractivity contribution in [1.29, 1.82) is 0 Å². The summed E-state index contributed by atoms with van der Waals surface area (Å²) in [6, 6.07) is 1.41. The number of alkyl halides is 2. The molecule has 0 spiro atoms. The van der Waals surface area contributed by atoms with Gasteiger partial charge in [0.1, 0.15) is 12.4 Å². The molecule has 1 rings (SSSR count). The number of aliphatic hydroxyl groups is 1. The minimum atomic E-state index is -3.49. The molecule has 0 saturated carbocycles. The quantitative estimate of drug-likeness (QED) is 0.849. The second-order valence-electron chi connectivity index (χ2n) is 3.07. The Bertz CT molecular complexity index is 359. The van der Waals surface area contributed by atoms with Crippen LogP contribution in [0.1, 0.15) is 11.6 Å². The Hall–Kier alpha value is -0.780. The fourth-order valence-corrected chi connectivity index (χ4v) is 1.17. The third-order valence-electron chi connectivity index (χ3n) is 1.97. The van der Waals surface area contributed by atoms with E-state index in [4.69, 9.17) is 22.4 Å². The molecule has 0 aromatic heterocycles. The lowest BCUT2D eigenvalue weighted by molar-refractivity contribution is -0.0712. The lowest BCUT2D eigenvalue weighted by atomic mass is 10.0. The molecule has 1 aromatic carbocycles. The van der Waals surface area contributed by atoms with E-state index in [1.807, 2.05) is 0 Å². The van der Waals surface area contributed by atoms with Crippen LogP contribution in [0.4, 0.5) is 13.2 Å². The van der Waals surface area contributed by atoms with Crippen molar-refractivity contribution >= 4 is 11.6 Å². The Balaban J connectivity index is 3.02. The summed E-state index contributed by atoms with van der Waals surface area (Å²) < 4.78 is 38.8. The third kappa shape index (κ3) is 2.62. The summed E-state index contributed by atoms with van der Waals surface area (Å²) >= 11 is 5.38. The maximum Gasteiger partial charge on any atom is 0.289 e. The predicted octanol–water partition coefficient (Wildman–Crippen LogP) is 2.11. The molecule has 0 radical (unpaired) electrons. The summed E-state index contributed by atoms with van der Waals surface area (Å²) in [5.41, 5.74) is 5.07. The molecule has 0 unspecified atom stereocenters. The van der Waals surface area contributed by atoms with Crippen molar-refractivity contribution in [2.24, 2.45) is 5.73 Å². The number of nitrogens with two attached hydrogens (primary N) is 1. The predicted molar refractivity (Wildman–Crippen MR) is 50.4 cm³/mol. The van der Waals surface area contributed by atoms with E-state index in [-0.39, 0.29) is 10.6 Å². The van der Waals surface area contributed by atoms with Gasteiger partial charge in [-0.15, -0.1) is 0 Å². The smallest absolute Gasteiger partial charge is 0.289 e. The normalized spacial score (nSPS) is 14.0. The minimum absolute atomic E-state index is 0.115. The Morgan fingerprint density at radius 1 is 1.47 bits per heavy atom. The highest BCUT2D eigenvalue weighted by atomic mass is 35.5. The lowest BCUT2D eigenvalue weighted by Gasteiger charge is -2.21. The van der Waals surface area contributed by atoms with Crippen LogP contribution in [0.3, 0.4) is 0 Å². The maximum atomic E-state index is 12.9. The molecule has 0 bridgehead atoms. The number of benzene rings is 1. The molecule has 1 aromatic rings. The topological polar surface area (TPSA) is 46.2 Å². The van der Waals surface area contributed by atoms with E-state index in [0.717, 1.165) is 12.1 Å². The van der Waals surface area contributed by atoms with Gasteiger partial charge in [-0.2, -0.15) is 0 Å². The highest BCUT2D eigenvalue weighted by molar-refractivity contribution is 6.30. The van der Waals surface area contributed by atoms with E-state index in [1.165, 1.54) is 6.07 Å². The molecule has 6 heteroatoms. The minimum Gasteiger partial charge on any atom is -0.390 e. The summed E-state index contributed by atoms with van der Waals surface area (Å²) in [5.74, 6) is -4.31. The molecule has 0 heterocycles. The van der Waals surface area contributed by atoms with E-state index in [0.29, 0.717) is 0 Å². The van der Waals surface area contributed by atoms with Crippen LogP contribution in [0.5, 0.6) is 0 Å². The molecule has 0 amide bonds. The van der Waals surface area contributed by atoms with Crippen LogP contribution >= 0.6 is 11.6 Å². The molecule has 84 valence electrons. The van der Waals surface area contributed by atoms with E-state index in [9.17, 15) is 13.2 Å². The van der Waals surface area contributed by atoms with Crippen LogP contribution in [0.25, 0.3) is 0 Å². The largest absolute Gasteiger partial charge is 0.390 e. The van der Waals surface area contributed by atoms with Gasteiger partial charge in [-0.1, -0.05) is 17.7 Å². The van der Waals surface area contributed by atoms with Gasteiger partial charge in [-0.25, -0.2) is 13.2 Å². The zero-order chi connectivity index (χ0) is 11.6. The van der Waals surface area contributed by atoms with Gasteiger partial charge in [0.25, 0.3) is 5.92 Å². The molecule has 0 aliphatic carbocycles. The maximum absolute atomic E-state index is 12.9. The highest BCUT2D eigenvalue weighted by Crippen LogP contribution is 2.30. The zero-order valence-corrected chi connectivity index (χ0v) is 8.31. The number of hydrogen-bond donors (Lipinski definition) is 2. The molecule has 1 atom stereocenters. The van der Waals surface area contributed by atoms with Crippen LogP contribution in [0.2, 0.25) is 5.02 Å². The fraction of sp³-hybridized carbons (Fsp3) is 0.333. The molecule has 3 N–H and O–H groups in total. The van der Waals surface area contributed by atoms with Gasteiger partial charge >= 0.3 is 0 Å². The molecule has 0 fully saturated rings. The van der Waals surface area contributed by atoms with Crippen molar-refractivity contribution in [3.63, 3.8) is 0 Å². The number of rotatable bonds is 3. The SMILES string of the molecule is N[C@@H](c1ccc(Cl)c(F)c1)C(F)(F)CO. The average molecular weight is 240 g/mol. The first-order chi connectivity index (χ1) is 6.88. The van der Waals surface area contributed by atoms with Crippen molar-refractivity contribution in [2.75, 3.05) is 6.61 Å². The standard InChI is InChI=1S/C9H9ClF3NO/c10-6-2-1-5(3-7(6)11)8(14)9(12,13)4-15/h1-3,8,15H,4,14H2/t8-/m0/s1. The summed E-state index contributed by atoms with van der Waals surface area (Å²) in [4.78, 5) is 0. The van der Waals surface area contributed by atoms with Gasteiger partial charge in [-0.05, 0) is 17.7 Å². The van der Waals surface area contributed by atoms with Gasteiger partial charge in [-0.3, -0.25) is 0 Å². The van der Waals surface area contributed by atoms with Crippen molar-refractivity contribution in [2.45, 2.75) is 12.0 Å². The summed E-state index contributed by atoms with van der Waals surface area (Å²) in [7, 11) is 0. The van der Waals surface area contributed by atoms with Crippen LogP contribution in [-0.2, 0) is 0 Å². The average Bonchev–Trinajstić information content (AvgIpc) is 2.21. The van der Waals surface area contributed by atoms with Gasteiger partial charge in [0.2, 0.25) is 0 Å². The number of halogens is 4. The molecular formula is C9H9ClF3NO. The molecule has 0 aliphatic heterocycles. The van der Waals surface area contributed by atoms with E-state index in [2.05, 4.69) is 0 Å². The Kier molecular flexibility index (Phi) is 3.59. The van der Waals surface area contributed by atoms with E-state index in [1.54, 1.807) is 0 Å². The van der Waals surface area contributed by atoms with E-state index >= 15 is 0 Å². The van der Waals surface area contributed by atoms with Crippen molar-refractivity contribution in [1.82, 2.24) is 0 Å². The first kappa shape index (κ1) is 12.3. The Morgan fingerprint density at radius 2 is 2.07 bits per heavy atom. The summed E-state index contributed by atoms with van der Waals surface area (Å²) in [6.45, 7) is -1.39. The van der Waals surface area contributed by atoms with Gasteiger partial charge < -0.3 is 10.8 Å². The molecular weight excluding hydrogens is 231 g/mol. The first-order valence-corrected chi connectivity index (χ1v) is 4.45. The van der Waals surface area contributed by atoms with Crippen molar-refractivity contribution < 1.29 is 18.3 Å². The first-order valence-electron chi connectivity index (χ1n) is 4.07. The second kappa shape index (κ2) is 4.38. The zero-order valence-electron chi connectivity index (χ0n) is 7.55. The number of aliphatic hydroxyl groups excluding tert-OH is 1. The monoisotopic (exact) mass is 239 g/mol. The molecule has 15 heavy (non-hydrogen) atoms. The van der Waals surface area contributed by atoms with Crippen LogP contribution in [0, 0.1) is 5.82 Å². The Morgan fingerprint density at radius 3 is 2.53 bits per heavy atom. The molecule has 0 aliphatic rings. The molecule has 2 nitrogen and oxygen atoms in total. The number of hydrogen-bond acceptors (Lipinski definition) is 2. The summed E-state index contributed by atoms with van der Waals surface area (Å²) in [6.07, 6.45) is 0. The summed E-state index contributed by atoms with van der Waals surface area (Å²) in [5, 5.41) is 8.23. The van der Waals surface area contributed by atoms with Gasteiger partial charge in [0.15, 0.2) is 0 Å². The van der Waals surface area contributed by atoms with Crippen molar-refractivity contribution in [3.8, 4) is 0 Å². The van der Waals surface area contributed by atoms with Crippen LogP contribution in [-0.4, -0.2) is 17.6 Å².